The average molecular weight is 193 g/mol. The summed E-state index contributed by atoms with van der Waals surface area (Å²) in [4.78, 5) is 4.27. The van der Waals surface area contributed by atoms with Crippen LogP contribution >= 0.6 is 0 Å². The van der Waals surface area contributed by atoms with E-state index < -0.39 is 5.60 Å². The van der Waals surface area contributed by atoms with Crippen molar-refractivity contribution in [1.82, 2.24) is 4.98 Å². The molecule has 0 bridgehead atoms. The largest absolute Gasteiger partial charge is 0.390 e. The number of aromatic nitrogens is 1. The Labute approximate surface area is 86.0 Å². The number of hydrogen-bond donors (Lipinski definition) is 1. The first-order chi connectivity index (χ1) is 6.47. The molecule has 0 aliphatic rings. The zero-order chi connectivity index (χ0) is 10.6. The summed E-state index contributed by atoms with van der Waals surface area (Å²) in [6.45, 7) is 5.84. The smallest absolute Gasteiger partial charge is 0.0594 e. The van der Waals surface area contributed by atoms with E-state index in [0.29, 0.717) is 5.92 Å². The normalized spacial score (nSPS) is 14.0. The van der Waals surface area contributed by atoms with E-state index in [2.05, 4.69) is 11.9 Å². The molecule has 1 N–H and O–H groups in total. The maximum Gasteiger partial charge on any atom is 0.0594 e. The zero-order valence-electron chi connectivity index (χ0n) is 9.20. The Balaban J connectivity index is 2.46. The molecule has 0 spiro atoms. The van der Waals surface area contributed by atoms with Crippen LogP contribution in [0.4, 0.5) is 0 Å². The fourth-order valence-corrected chi connectivity index (χ4v) is 1.80. The van der Waals surface area contributed by atoms with Crippen molar-refractivity contribution in [1.29, 1.82) is 0 Å². The summed E-state index contributed by atoms with van der Waals surface area (Å²) >= 11 is 0. The van der Waals surface area contributed by atoms with Crippen molar-refractivity contribution in [2.24, 2.45) is 5.92 Å². The van der Waals surface area contributed by atoms with Crippen LogP contribution in [0.15, 0.2) is 24.4 Å². The molecule has 0 aliphatic heterocycles. The fourth-order valence-electron chi connectivity index (χ4n) is 1.80. The molecule has 0 fully saturated rings. The van der Waals surface area contributed by atoms with Gasteiger partial charge in [-0.2, -0.15) is 0 Å². The molecule has 78 valence electrons. The fraction of sp³-hybridized carbons (Fsp3) is 0.583. The van der Waals surface area contributed by atoms with Gasteiger partial charge in [-0.05, 0) is 44.7 Å². The second-order valence-electron chi connectivity index (χ2n) is 4.65. The lowest BCUT2D eigenvalue weighted by molar-refractivity contribution is 0.0552. The van der Waals surface area contributed by atoms with Crippen LogP contribution in [0.5, 0.6) is 0 Å². The summed E-state index contributed by atoms with van der Waals surface area (Å²) in [5.74, 6) is 0.463. The summed E-state index contributed by atoms with van der Waals surface area (Å²) in [7, 11) is 0. The van der Waals surface area contributed by atoms with Crippen LogP contribution in [0.2, 0.25) is 0 Å². The van der Waals surface area contributed by atoms with Gasteiger partial charge in [0.2, 0.25) is 0 Å². The number of aliphatic hydroxyl groups is 1. The van der Waals surface area contributed by atoms with Gasteiger partial charge in [0.05, 0.1) is 5.60 Å². The Hall–Kier alpha value is -0.890. The van der Waals surface area contributed by atoms with Gasteiger partial charge in [-0.3, -0.25) is 4.98 Å². The molecule has 1 atom stereocenters. The molecule has 1 rings (SSSR count). The molecule has 0 radical (unpaired) electrons. The van der Waals surface area contributed by atoms with E-state index in [9.17, 15) is 5.11 Å². The molecule has 1 aromatic heterocycles. The summed E-state index contributed by atoms with van der Waals surface area (Å²) < 4.78 is 0. The Kier molecular flexibility index (Phi) is 3.64. The third-order valence-corrected chi connectivity index (χ3v) is 2.13. The molecule has 1 aromatic rings. The summed E-state index contributed by atoms with van der Waals surface area (Å²) in [5.41, 5.74) is 0.526. The molecule has 0 saturated heterocycles. The number of rotatable bonds is 4. The molecule has 0 aliphatic carbocycles. The summed E-state index contributed by atoms with van der Waals surface area (Å²) in [5, 5.41) is 9.65. The van der Waals surface area contributed by atoms with Crippen LogP contribution in [0.25, 0.3) is 0 Å². The van der Waals surface area contributed by atoms with E-state index in [4.69, 9.17) is 0 Å². The van der Waals surface area contributed by atoms with Gasteiger partial charge in [-0.25, -0.2) is 0 Å². The minimum Gasteiger partial charge on any atom is -0.390 e. The molecule has 14 heavy (non-hydrogen) atoms. The van der Waals surface area contributed by atoms with Crippen LogP contribution in [0.1, 0.15) is 32.9 Å². The molecule has 0 amide bonds. The minimum atomic E-state index is -0.575. The van der Waals surface area contributed by atoms with E-state index in [1.165, 1.54) is 0 Å². The van der Waals surface area contributed by atoms with Crippen molar-refractivity contribution in [3.8, 4) is 0 Å². The Morgan fingerprint density at radius 2 is 2.14 bits per heavy atom. The predicted molar refractivity (Wildman–Crippen MR) is 58.0 cm³/mol. The van der Waals surface area contributed by atoms with Gasteiger partial charge in [0.15, 0.2) is 0 Å². The maximum atomic E-state index is 9.65. The second-order valence-corrected chi connectivity index (χ2v) is 4.65. The van der Waals surface area contributed by atoms with E-state index in [1.54, 1.807) is 0 Å². The molecular weight excluding hydrogens is 174 g/mol. The average Bonchev–Trinajstić information content (AvgIpc) is 2.02. The van der Waals surface area contributed by atoms with E-state index in [-0.39, 0.29) is 0 Å². The molecule has 2 nitrogen and oxygen atoms in total. The van der Waals surface area contributed by atoms with Crippen molar-refractivity contribution in [3.63, 3.8) is 0 Å². The zero-order valence-corrected chi connectivity index (χ0v) is 9.20. The Bertz CT molecular complexity index is 263. The SMILES string of the molecule is CC(Cc1ccccn1)CC(C)(C)O. The van der Waals surface area contributed by atoms with Crippen molar-refractivity contribution in [2.75, 3.05) is 0 Å². The lowest BCUT2D eigenvalue weighted by Crippen LogP contribution is -2.23. The quantitative estimate of drug-likeness (QED) is 0.796. The topological polar surface area (TPSA) is 33.1 Å². The minimum absolute atomic E-state index is 0.463. The first kappa shape index (κ1) is 11.2. The molecule has 1 heterocycles. The van der Waals surface area contributed by atoms with E-state index in [0.717, 1.165) is 18.5 Å². The van der Waals surface area contributed by atoms with Gasteiger partial charge < -0.3 is 5.11 Å². The number of hydrogen-bond acceptors (Lipinski definition) is 2. The Morgan fingerprint density at radius 3 is 2.64 bits per heavy atom. The van der Waals surface area contributed by atoms with Gasteiger partial charge in [-0.15, -0.1) is 0 Å². The highest BCUT2D eigenvalue weighted by molar-refractivity contribution is 5.04. The van der Waals surface area contributed by atoms with Crippen LogP contribution in [0.3, 0.4) is 0 Å². The summed E-state index contributed by atoms with van der Waals surface area (Å²) in [6, 6.07) is 5.95. The second kappa shape index (κ2) is 4.56. The van der Waals surface area contributed by atoms with Crippen LogP contribution in [-0.4, -0.2) is 15.7 Å². The van der Waals surface area contributed by atoms with Crippen LogP contribution < -0.4 is 0 Å². The van der Waals surface area contributed by atoms with E-state index >= 15 is 0 Å². The van der Waals surface area contributed by atoms with E-state index in [1.807, 2.05) is 38.2 Å². The number of nitrogens with zero attached hydrogens (tertiary/aromatic N) is 1. The predicted octanol–water partition coefficient (Wildman–Crippen LogP) is 2.42. The highest BCUT2D eigenvalue weighted by Crippen LogP contribution is 2.18. The lowest BCUT2D eigenvalue weighted by Gasteiger charge is -2.21. The van der Waals surface area contributed by atoms with Gasteiger partial charge in [-0.1, -0.05) is 13.0 Å². The van der Waals surface area contributed by atoms with Gasteiger partial charge in [0.25, 0.3) is 0 Å². The van der Waals surface area contributed by atoms with Crippen LogP contribution in [-0.2, 0) is 6.42 Å². The van der Waals surface area contributed by atoms with Crippen molar-refractivity contribution >= 4 is 0 Å². The molecule has 0 aromatic carbocycles. The molecule has 1 unspecified atom stereocenters. The van der Waals surface area contributed by atoms with Gasteiger partial charge in [0, 0.05) is 11.9 Å². The van der Waals surface area contributed by atoms with Crippen molar-refractivity contribution < 1.29 is 5.11 Å². The first-order valence-corrected chi connectivity index (χ1v) is 5.10. The highest BCUT2D eigenvalue weighted by atomic mass is 16.3. The summed E-state index contributed by atoms with van der Waals surface area (Å²) in [6.07, 6.45) is 3.56. The molecule has 0 saturated carbocycles. The third kappa shape index (κ3) is 4.38. The number of pyridine rings is 1. The van der Waals surface area contributed by atoms with Gasteiger partial charge >= 0.3 is 0 Å². The van der Waals surface area contributed by atoms with Gasteiger partial charge in [0.1, 0.15) is 0 Å². The third-order valence-electron chi connectivity index (χ3n) is 2.13. The Morgan fingerprint density at radius 1 is 1.43 bits per heavy atom. The lowest BCUT2D eigenvalue weighted by atomic mass is 9.91. The highest BCUT2D eigenvalue weighted by Gasteiger charge is 2.17. The van der Waals surface area contributed by atoms with Crippen LogP contribution in [0, 0.1) is 5.92 Å². The molecular formula is C12H19NO. The van der Waals surface area contributed by atoms with Crippen molar-refractivity contribution in [3.05, 3.63) is 30.1 Å². The molecule has 2 heteroatoms. The maximum absolute atomic E-state index is 9.65. The standard InChI is InChI=1S/C12H19NO/c1-10(9-12(2,3)14)8-11-6-4-5-7-13-11/h4-7,10,14H,8-9H2,1-3H3. The van der Waals surface area contributed by atoms with Crippen molar-refractivity contribution in [2.45, 2.75) is 39.2 Å². The monoisotopic (exact) mass is 193 g/mol. The first-order valence-electron chi connectivity index (χ1n) is 5.10.